The first-order valence-electron chi connectivity index (χ1n) is 16.9. The number of hydrogen-bond donors (Lipinski definition) is 2. The van der Waals surface area contributed by atoms with Gasteiger partial charge in [-0.2, -0.15) is 18.2 Å². The van der Waals surface area contributed by atoms with Crippen LogP contribution in [0, 0.1) is 23.7 Å². The number of phenolic OH excluding ortho intramolecular Hbond substituents is 1. The van der Waals surface area contributed by atoms with Crippen molar-refractivity contribution in [1.29, 1.82) is 0 Å². The standard InChI is InChI=1S/C39H29Cl2F3N4O6/c1-54-23-11-12-25(30(49)16-23)32-24-13-14-26-31(36(52)47(34(26)50)22-5-3-2-4-6-22)27(24)17-28-35(51)48(37(53)38(28,32)19-7-9-21(40)10-8-19)46-33-29(41)15-20(18-45-33)39(42,43)44/h2-13,15-16,18,26-28,31-32,49H,14,17H2,1H3,(H,45,46)/t26-,27+,28-,31-,32+,38+/m0/s1. The number of alkyl halides is 3. The zero-order valence-corrected chi connectivity index (χ0v) is 29.7. The van der Waals surface area contributed by atoms with E-state index in [2.05, 4.69) is 10.4 Å². The van der Waals surface area contributed by atoms with Crippen molar-refractivity contribution in [3.8, 4) is 11.5 Å². The van der Waals surface area contributed by atoms with Crippen LogP contribution in [0.5, 0.6) is 11.5 Å². The van der Waals surface area contributed by atoms with Gasteiger partial charge in [0.2, 0.25) is 11.8 Å². The average molecular weight is 778 g/mol. The number of aromatic hydroxyl groups is 1. The predicted octanol–water partition coefficient (Wildman–Crippen LogP) is 7.31. The number of fused-ring (bicyclic) bond motifs is 4. The van der Waals surface area contributed by atoms with Gasteiger partial charge in [0, 0.05) is 28.8 Å². The number of amides is 4. The van der Waals surface area contributed by atoms with Gasteiger partial charge in [-0.15, -0.1) is 0 Å². The number of methoxy groups -OCH3 is 1. The first-order valence-corrected chi connectivity index (χ1v) is 17.7. The highest BCUT2D eigenvalue weighted by molar-refractivity contribution is 6.33. The molecule has 4 aromatic rings. The first kappa shape index (κ1) is 35.6. The molecule has 2 saturated heterocycles. The zero-order chi connectivity index (χ0) is 38.3. The number of aromatic nitrogens is 1. The van der Waals surface area contributed by atoms with Crippen LogP contribution in [0.25, 0.3) is 0 Å². The van der Waals surface area contributed by atoms with Crippen molar-refractivity contribution in [2.75, 3.05) is 17.4 Å². The van der Waals surface area contributed by atoms with Gasteiger partial charge in [0.15, 0.2) is 5.82 Å². The molecular formula is C39H29Cl2F3N4O6. The second-order valence-electron chi connectivity index (χ2n) is 13.7. The Labute approximate surface area is 316 Å². The highest BCUT2D eigenvalue weighted by Crippen LogP contribution is 2.65. The molecule has 2 aliphatic carbocycles. The van der Waals surface area contributed by atoms with E-state index in [0.29, 0.717) is 44.9 Å². The molecule has 4 amide bonds. The van der Waals surface area contributed by atoms with Crippen LogP contribution in [-0.2, 0) is 30.8 Å². The van der Waals surface area contributed by atoms with Gasteiger partial charge in [0.05, 0.1) is 46.6 Å². The second kappa shape index (κ2) is 12.9. The number of imide groups is 2. The third-order valence-electron chi connectivity index (χ3n) is 11.1. The molecule has 3 fully saturated rings. The molecule has 3 aromatic carbocycles. The Hall–Kier alpha value is -5.40. The topological polar surface area (TPSA) is 129 Å². The van der Waals surface area contributed by atoms with Gasteiger partial charge in [-0.05, 0) is 60.7 Å². The molecule has 0 radical (unpaired) electrons. The Bertz CT molecular complexity index is 2270. The molecule has 4 aliphatic rings. The van der Waals surface area contributed by atoms with Crippen LogP contribution in [-0.4, -0.2) is 45.8 Å². The van der Waals surface area contributed by atoms with Crippen LogP contribution in [0.15, 0.2) is 96.7 Å². The third kappa shape index (κ3) is 5.27. The number of phenols is 1. The number of anilines is 2. The summed E-state index contributed by atoms with van der Waals surface area (Å²) in [5.41, 5.74) is 1.23. The van der Waals surface area contributed by atoms with Crippen molar-refractivity contribution in [2.24, 2.45) is 23.7 Å². The van der Waals surface area contributed by atoms with Crippen LogP contribution < -0.4 is 15.1 Å². The number of para-hydroxylation sites is 1. The molecule has 54 heavy (non-hydrogen) atoms. The summed E-state index contributed by atoms with van der Waals surface area (Å²) in [5, 5.41) is 12.2. The lowest BCUT2D eigenvalue weighted by atomic mass is 9.49. The van der Waals surface area contributed by atoms with Gasteiger partial charge in [-0.25, -0.2) is 4.98 Å². The number of hydrogen-bond acceptors (Lipinski definition) is 8. The van der Waals surface area contributed by atoms with E-state index in [1.165, 1.54) is 18.1 Å². The molecule has 15 heteroatoms. The summed E-state index contributed by atoms with van der Waals surface area (Å²) in [6.07, 6.45) is -2.32. The maximum atomic E-state index is 15.3. The Balaban J connectivity index is 1.32. The molecule has 10 nitrogen and oxygen atoms in total. The van der Waals surface area contributed by atoms with E-state index < -0.39 is 69.5 Å². The monoisotopic (exact) mass is 776 g/mol. The quantitative estimate of drug-likeness (QED) is 0.154. The number of carbonyl (C=O) groups excluding carboxylic acids is 4. The number of nitrogens with one attached hydrogen (secondary N) is 1. The molecule has 0 unspecified atom stereocenters. The number of benzene rings is 3. The molecule has 2 aliphatic heterocycles. The fourth-order valence-electron chi connectivity index (χ4n) is 8.85. The lowest BCUT2D eigenvalue weighted by molar-refractivity contribution is -0.139. The van der Waals surface area contributed by atoms with Gasteiger partial charge in [-0.3, -0.25) is 29.5 Å². The zero-order valence-electron chi connectivity index (χ0n) is 28.2. The summed E-state index contributed by atoms with van der Waals surface area (Å²) in [5.74, 6) is -7.46. The minimum Gasteiger partial charge on any atom is -0.508 e. The summed E-state index contributed by atoms with van der Waals surface area (Å²) in [4.78, 5) is 63.3. The van der Waals surface area contributed by atoms with Gasteiger partial charge >= 0.3 is 6.18 Å². The number of carbonyl (C=O) groups is 4. The van der Waals surface area contributed by atoms with E-state index in [9.17, 15) is 32.7 Å². The van der Waals surface area contributed by atoms with E-state index in [0.717, 1.165) is 0 Å². The van der Waals surface area contributed by atoms with Gasteiger partial charge in [0.1, 0.15) is 11.5 Å². The molecule has 6 atom stereocenters. The summed E-state index contributed by atoms with van der Waals surface area (Å²) in [6.45, 7) is 0. The molecule has 8 rings (SSSR count). The highest BCUT2D eigenvalue weighted by Gasteiger charge is 2.70. The van der Waals surface area contributed by atoms with Crippen LogP contribution in [0.3, 0.4) is 0 Å². The molecule has 1 saturated carbocycles. The van der Waals surface area contributed by atoms with E-state index in [4.69, 9.17) is 27.9 Å². The normalized spacial score (nSPS) is 26.3. The number of rotatable bonds is 6. The number of halogens is 5. The van der Waals surface area contributed by atoms with E-state index in [1.54, 1.807) is 66.7 Å². The third-order valence-corrected chi connectivity index (χ3v) is 11.7. The van der Waals surface area contributed by atoms with E-state index in [-0.39, 0.29) is 35.9 Å². The largest absolute Gasteiger partial charge is 0.508 e. The molecule has 2 N–H and O–H groups in total. The summed E-state index contributed by atoms with van der Waals surface area (Å²) < 4.78 is 45.7. The van der Waals surface area contributed by atoms with Crippen LogP contribution >= 0.6 is 23.2 Å². The van der Waals surface area contributed by atoms with Crippen molar-refractivity contribution in [3.05, 3.63) is 123 Å². The SMILES string of the molecule is COc1ccc([C@H]2C3=CC[C@@H]4C(=O)N(c5ccccc5)C(=O)[C@@H]4[C@@H]3C[C@H]3C(=O)N(Nc4ncc(C(F)(F)F)cc4Cl)C(=O)[C@@]23c2ccc(Cl)cc2)c(O)c1. The van der Waals surface area contributed by atoms with Crippen molar-refractivity contribution in [1.82, 2.24) is 9.99 Å². The molecule has 276 valence electrons. The second-order valence-corrected chi connectivity index (χ2v) is 14.5. The molecule has 1 aromatic heterocycles. The van der Waals surface area contributed by atoms with Crippen molar-refractivity contribution in [2.45, 2.75) is 30.4 Å². The Kier molecular flexibility index (Phi) is 8.49. The highest BCUT2D eigenvalue weighted by atomic mass is 35.5. The fourth-order valence-corrected chi connectivity index (χ4v) is 9.19. The van der Waals surface area contributed by atoms with Gasteiger partial charge < -0.3 is 9.84 Å². The lowest BCUT2D eigenvalue weighted by Crippen LogP contribution is -2.53. The smallest absolute Gasteiger partial charge is 0.417 e. The van der Waals surface area contributed by atoms with Crippen LogP contribution in [0.4, 0.5) is 24.7 Å². The first-order chi connectivity index (χ1) is 25.8. The number of nitrogens with zero attached hydrogens (tertiary/aromatic N) is 3. The van der Waals surface area contributed by atoms with E-state index in [1.807, 2.05) is 6.08 Å². The average Bonchev–Trinajstić information content (AvgIpc) is 3.53. The minimum atomic E-state index is -4.76. The fraction of sp³-hybridized carbons (Fsp3) is 0.256. The van der Waals surface area contributed by atoms with Gasteiger partial charge in [-0.1, -0.05) is 71.2 Å². The van der Waals surface area contributed by atoms with Crippen LogP contribution in [0.1, 0.15) is 35.4 Å². The minimum absolute atomic E-state index is 0.0678. The van der Waals surface area contributed by atoms with E-state index >= 15 is 4.79 Å². The van der Waals surface area contributed by atoms with Crippen molar-refractivity contribution in [3.63, 3.8) is 0 Å². The molecule has 0 spiro atoms. The van der Waals surface area contributed by atoms with Gasteiger partial charge in [0.25, 0.3) is 11.8 Å². The number of allylic oxidation sites excluding steroid dienone is 2. The Morgan fingerprint density at radius 3 is 2.30 bits per heavy atom. The Morgan fingerprint density at radius 2 is 1.65 bits per heavy atom. The maximum Gasteiger partial charge on any atom is 0.417 e. The Morgan fingerprint density at radius 1 is 0.926 bits per heavy atom. The molecule has 3 heterocycles. The number of pyridine rings is 1. The van der Waals surface area contributed by atoms with Crippen molar-refractivity contribution >= 4 is 58.3 Å². The molecular weight excluding hydrogens is 748 g/mol. The lowest BCUT2D eigenvalue weighted by Gasteiger charge is -2.50. The number of hydrazine groups is 1. The summed E-state index contributed by atoms with van der Waals surface area (Å²) >= 11 is 12.6. The maximum absolute atomic E-state index is 15.3. The van der Waals surface area contributed by atoms with Crippen molar-refractivity contribution < 1.29 is 42.2 Å². The molecule has 0 bridgehead atoms. The number of ether oxygens (including phenoxy) is 1. The predicted molar refractivity (Wildman–Crippen MR) is 190 cm³/mol. The van der Waals surface area contributed by atoms with Crippen LogP contribution in [0.2, 0.25) is 10.0 Å². The summed E-state index contributed by atoms with van der Waals surface area (Å²) in [6, 6.07) is 20.0. The summed E-state index contributed by atoms with van der Waals surface area (Å²) in [7, 11) is 1.42.